The molecule has 2 aromatic rings. The molecule has 1 heterocycles. The summed E-state index contributed by atoms with van der Waals surface area (Å²) in [5.41, 5.74) is 6.73. The molecule has 116 valence electrons. The third kappa shape index (κ3) is 3.95. The SMILES string of the molecule is CC(OC(=O)O)c1cnn(COC(=O)c2ccc(N)cc2)n1. The molecule has 0 aliphatic heterocycles. The number of nitrogen functional groups attached to an aromatic ring is 1. The summed E-state index contributed by atoms with van der Waals surface area (Å²) in [6.45, 7) is 1.31. The standard InChI is InChI=1S/C13H14N4O5/c1-8(22-13(19)20)11-6-15-17(16-11)7-21-12(18)9-2-4-10(14)5-3-9/h2-6,8H,7,14H2,1H3,(H,19,20). The quantitative estimate of drug-likeness (QED) is 0.626. The van der Waals surface area contributed by atoms with E-state index in [0.29, 0.717) is 16.9 Å². The van der Waals surface area contributed by atoms with Crippen molar-refractivity contribution < 1.29 is 24.2 Å². The molecule has 0 fully saturated rings. The van der Waals surface area contributed by atoms with Gasteiger partial charge in [0.15, 0.2) is 0 Å². The molecule has 9 heteroatoms. The summed E-state index contributed by atoms with van der Waals surface area (Å²) in [6, 6.07) is 6.27. The van der Waals surface area contributed by atoms with E-state index in [1.807, 2.05) is 0 Å². The highest BCUT2D eigenvalue weighted by Gasteiger charge is 2.15. The van der Waals surface area contributed by atoms with Gasteiger partial charge in [-0.05, 0) is 31.2 Å². The van der Waals surface area contributed by atoms with E-state index in [-0.39, 0.29) is 6.73 Å². The predicted octanol–water partition coefficient (Wildman–Crippen LogP) is 1.43. The Bertz CT molecular complexity index is 667. The summed E-state index contributed by atoms with van der Waals surface area (Å²) < 4.78 is 9.57. The fourth-order valence-electron chi connectivity index (χ4n) is 1.59. The summed E-state index contributed by atoms with van der Waals surface area (Å²) in [7, 11) is 0. The van der Waals surface area contributed by atoms with Gasteiger partial charge in [-0.3, -0.25) is 0 Å². The van der Waals surface area contributed by atoms with Crippen molar-refractivity contribution in [3.8, 4) is 0 Å². The van der Waals surface area contributed by atoms with Crippen molar-refractivity contribution in [1.82, 2.24) is 15.0 Å². The second-order valence-electron chi connectivity index (χ2n) is 4.35. The zero-order chi connectivity index (χ0) is 16.1. The first-order valence-electron chi connectivity index (χ1n) is 6.28. The van der Waals surface area contributed by atoms with E-state index in [1.165, 1.54) is 13.1 Å². The second-order valence-corrected chi connectivity index (χ2v) is 4.35. The van der Waals surface area contributed by atoms with Crippen LogP contribution in [0.25, 0.3) is 0 Å². The van der Waals surface area contributed by atoms with Crippen LogP contribution in [-0.2, 0) is 16.2 Å². The van der Waals surface area contributed by atoms with E-state index in [0.717, 1.165) is 4.80 Å². The third-order valence-corrected chi connectivity index (χ3v) is 2.71. The minimum absolute atomic E-state index is 0.205. The molecule has 1 aromatic carbocycles. The van der Waals surface area contributed by atoms with Crippen LogP contribution >= 0.6 is 0 Å². The third-order valence-electron chi connectivity index (χ3n) is 2.71. The molecule has 0 radical (unpaired) electrons. The number of carbonyl (C=O) groups is 2. The van der Waals surface area contributed by atoms with Gasteiger partial charge in [0.1, 0.15) is 11.8 Å². The molecule has 3 N–H and O–H groups in total. The van der Waals surface area contributed by atoms with Crippen LogP contribution in [-0.4, -0.2) is 32.2 Å². The van der Waals surface area contributed by atoms with Gasteiger partial charge >= 0.3 is 12.1 Å². The molecule has 1 aromatic heterocycles. The summed E-state index contributed by atoms with van der Waals surface area (Å²) in [5, 5.41) is 16.3. The smallest absolute Gasteiger partial charge is 0.450 e. The maximum atomic E-state index is 11.8. The number of carboxylic acid groups (broad SMARTS) is 1. The monoisotopic (exact) mass is 306 g/mol. The number of esters is 1. The Kier molecular flexibility index (Phi) is 4.57. The Morgan fingerprint density at radius 3 is 2.68 bits per heavy atom. The highest BCUT2D eigenvalue weighted by Crippen LogP contribution is 2.13. The number of ether oxygens (including phenoxy) is 2. The molecular formula is C13H14N4O5. The van der Waals surface area contributed by atoms with Gasteiger partial charge in [0.2, 0.25) is 6.73 Å². The van der Waals surface area contributed by atoms with E-state index in [1.54, 1.807) is 24.3 Å². The van der Waals surface area contributed by atoms with Gasteiger partial charge < -0.3 is 20.3 Å². The van der Waals surface area contributed by atoms with Crippen molar-refractivity contribution in [2.75, 3.05) is 5.73 Å². The summed E-state index contributed by atoms with van der Waals surface area (Å²) in [4.78, 5) is 23.3. The maximum absolute atomic E-state index is 11.8. The molecule has 2 rings (SSSR count). The minimum atomic E-state index is -1.41. The van der Waals surface area contributed by atoms with Crippen molar-refractivity contribution in [1.29, 1.82) is 0 Å². The van der Waals surface area contributed by atoms with Crippen LogP contribution in [0.5, 0.6) is 0 Å². The number of benzene rings is 1. The lowest BCUT2D eigenvalue weighted by molar-refractivity contribution is 0.0317. The van der Waals surface area contributed by atoms with Crippen LogP contribution in [0, 0.1) is 0 Å². The van der Waals surface area contributed by atoms with Gasteiger partial charge in [-0.25, -0.2) is 9.59 Å². The van der Waals surface area contributed by atoms with E-state index in [2.05, 4.69) is 14.9 Å². The Morgan fingerprint density at radius 1 is 1.36 bits per heavy atom. The molecule has 0 saturated heterocycles. The van der Waals surface area contributed by atoms with Crippen molar-refractivity contribution in [3.05, 3.63) is 41.7 Å². The average molecular weight is 306 g/mol. The number of nitrogens with two attached hydrogens (primary N) is 1. The molecule has 22 heavy (non-hydrogen) atoms. The van der Waals surface area contributed by atoms with Crippen molar-refractivity contribution in [2.45, 2.75) is 19.8 Å². The maximum Gasteiger partial charge on any atom is 0.506 e. The van der Waals surface area contributed by atoms with Crippen molar-refractivity contribution in [2.24, 2.45) is 0 Å². The number of rotatable bonds is 5. The molecule has 0 aliphatic rings. The number of hydrogen-bond acceptors (Lipinski definition) is 7. The predicted molar refractivity (Wildman–Crippen MR) is 73.8 cm³/mol. The molecule has 0 amide bonds. The van der Waals surface area contributed by atoms with Crippen LogP contribution < -0.4 is 5.73 Å². The fourth-order valence-corrected chi connectivity index (χ4v) is 1.59. The van der Waals surface area contributed by atoms with Crippen LogP contribution in [0.15, 0.2) is 30.5 Å². The fraction of sp³-hybridized carbons (Fsp3) is 0.231. The molecule has 9 nitrogen and oxygen atoms in total. The summed E-state index contributed by atoms with van der Waals surface area (Å²) >= 11 is 0. The van der Waals surface area contributed by atoms with Gasteiger partial charge in [0.05, 0.1) is 11.8 Å². The number of nitrogens with zero attached hydrogens (tertiary/aromatic N) is 3. The van der Waals surface area contributed by atoms with Crippen molar-refractivity contribution in [3.63, 3.8) is 0 Å². The van der Waals surface area contributed by atoms with Crippen LogP contribution in [0.1, 0.15) is 29.1 Å². The lowest BCUT2D eigenvalue weighted by Crippen LogP contribution is -2.13. The second kappa shape index (κ2) is 6.57. The average Bonchev–Trinajstić information content (AvgIpc) is 2.94. The Morgan fingerprint density at radius 2 is 2.05 bits per heavy atom. The van der Waals surface area contributed by atoms with E-state index in [9.17, 15) is 9.59 Å². The zero-order valence-corrected chi connectivity index (χ0v) is 11.7. The van der Waals surface area contributed by atoms with Gasteiger partial charge in [-0.1, -0.05) is 0 Å². The Hall–Kier alpha value is -3.10. The molecule has 0 aliphatic carbocycles. The van der Waals surface area contributed by atoms with E-state index in [4.69, 9.17) is 15.6 Å². The van der Waals surface area contributed by atoms with E-state index >= 15 is 0 Å². The number of aromatic nitrogens is 3. The van der Waals surface area contributed by atoms with Crippen LogP contribution in [0.2, 0.25) is 0 Å². The highest BCUT2D eigenvalue weighted by molar-refractivity contribution is 5.89. The lowest BCUT2D eigenvalue weighted by atomic mass is 10.2. The highest BCUT2D eigenvalue weighted by atomic mass is 16.7. The summed E-state index contributed by atoms with van der Waals surface area (Å²) in [5.74, 6) is -0.548. The lowest BCUT2D eigenvalue weighted by Gasteiger charge is -2.06. The molecule has 1 unspecified atom stereocenters. The van der Waals surface area contributed by atoms with Crippen LogP contribution in [0.3, 0.4) is 0 Å². The number of anilines is 1. The first-order chi connectivity index (χ1) is 10.5. The molecule has 0 saturated carbocycles. The normalized spacial score (nSPS) is 11.7. The topological polar surface area (TPSA) is 130 Å². The van der Waals surface area contributed by atoms with E-state index < -0.39 is 18.2 Å². The number of hydrogen-bond donors (Lipinski definition) is 2. The minimum Gasteiger partial charge on any atom is -0.450 e. The van der Waals surface area contributed by atoms with Gasteiger partial charge in [-0.2, -0.15) is 10.2 Å². The Balaban J connectivity index is 1.92. The molecule has 1 atom stereocenters. The summed E-state index contributed by atoms with van der Waals surface area (Å²) in [6.07, 6.45) is -0.833. The first kappa shape index (κ1) is 15.3. The first-order valence-corrected chi connectivity index (χ1v) is 6.28. The van der Waals surface area contributed by atoms with Crippen LogP contribution in [0.4, 0.5) is 10.5 Å². The zero-order valence-electron chi connectivity index (χ0n) is 11.7. The largest absolute Gasteiger partial charge is 0.506 e. The van der Waals surface area contributed by atoms with Crippen molar-refractivity contribution >= 4 is 17.8 Å². The molecular weight excluding hydrogens is 292 g/mol. The molecule has 0 spiro atoms. The van der Waals surface area contributed by atoms with Gasteiger partial charge in [0.25, 0.3) is 0 Å². The number of carbonyl (C=O) groups excluding carboxylic acids is 1. The Labute approximate surface area is 125 Å². The van der Waals surface area contributed by atoms with Gasteiger partial charge in [-0.15, -0.1) is 4.80 Å². The van der Waals surface area contributed by atoms with Gasteiger partial charge in [0, 0.05) is 5.69 Å². The molecule has 0 bridgehead atoms.